The molecule has 26 heavy (non-hydrogen) atoms. The van der Waals surface area contributed by atoms with E-state index >= 15 is 0 Å². The highest BCUT2D eigenvalue weighted by Gasteiger charge is 2.31. The molecule has 0 aromatic heterocycles. The highest BCUT2D eigenvalue weighted by molar-refractivity contribution is 5.87. The minimum Gasteiger partial charge on any atom is -0.341 e. The summed E-state index contributed by atoms with van der Waals surface area (Å²) in [6.07, 6.45) is 5.13. The van der Waals surface area contributed by atoms with Gasteiger partial charge in [-0.2, -0.15) is 0 Å². The molecule has 2 aromatic rings. The molecule has 0 atom stereocenters. The lowest BCUT2D eigenvalue weighted by Crippen LogP contribution is -2.43. The first-order chi connectivity index (χ1) is 12.8. The van der Waals surface area contributed by atoms with Crippen molar-refractivity contribution < 1.29 is 4.79 Å². The van der Waals surface area contributed by atoms with Crippen molar-refractivity contribution in [1.82, 2.24) is 9.80 Å². The van der Waals surface area contributed by atoms with Gasteiger partial charge in [-0.1, -0.05) is 67.1 Å². The standard InChI is InChI=1S/C23H28N2O/c26-23(25-16-8-15-24(17-18-25)21-13-7-14-21)22(19-9-3-1-4-10-19)20-11-5-2-6-12-20/h1-6,9-12,21-22H,7-8,13-18H2. The van der Waals surface area contributed by atoms with E-state index in [1.807, 2.05) is 36.4 Å². The SMILES string of the molecule is O=C(C(c1ccccc1)c1ccccc1)N1CCCN(C2CCC2)CC1. The van der Waals surface area contributed by atoms with Gasteiger partial charge in [-0.15, -0.1) is 0 Å². The van der Waals surface area contributed by atoms with Crippen LogP contribution in [0.2, 0.25) is 0 Å². The third kappa shape index (κ3) is 3.68. The van der Waals surface area contributed by atoms with E-state index < -0.39 is 0 Å². The van der Waals surface area contributed by atoms with Gasteiger partial charge in [0.05, 0.1) is 5.92 Å². The summed E-state index contributed by atoms with van der Waals surface area (Å²) >= 11 is 0. The number of carbonyl (C=O) groups is 1. The smallest absolute Gasteiger partial charge is 0.234 e. The Labute approximate surface area is 156 Å². The maximum absolute atomic E-state index is 13.5. The van der Waals surface area contributed by atoms with Gasteiger partial charge in [0.2, 0.25) is 5.91 Å². The molecular formula is C23H28N2O. The third-order valence-corrected chi connectivity index (χ3v) is 5.95. The molecule has 3 nitrogen and oxygen atoms in total. The van der Waals surface area contributed by atoms with Gasteiger partial charge in [0.1, 0.15) is 0 Å². The Bertz CT molecular complexity index is 672. The van der Waals surface area contributed by atoms with Crippen LogP contribution in [0, 0.1) is 0 Å². The summed E-state index contributed by atoms with van der Waals surface area (Å²) < 4.78 is 0. The van der Waals surface area contributed by atoms with Crippen LogP contribution in [0.15, 0.2) is 60.7 Å². The van der Waals surface area contributed by atoms with Crippen LogP contribution in [0.25, 0.3) is 0 Å². The molecule has 3 heteroatoms. The van der Waals surface area contributed by atoms with Crippen LogP contribution in [0.1, 0.15) is 42.7 Å². The van der Waals surface area contributed by atoms with E-state index in [-0.39, 0.29) is 11.8 Å². The fourth-order valence-corrected chi connectivity index (χ4v) is 4.23. The van der Waals surface area contributed by atoms with Crippen LogP contribution in [0.4, 0.5) is 0 Å². The van der Waals surface area contributed by atoms with Crippen molar-refractivity contribution in [2.24, 2.45) is 0 Å². The minimum atomic E-state index is -0.201. The summed E-state index contributed by atoms with van der Waals surface area (Å²) in [6.45, 7) is 3.88. The zero-order chi connectivity index (χ0) is 17.8. The Hall–Kier alpha value is -2.13. The topological polar surface area (TPSA) is 23.6 Å². The van der Waals surface area contributed by atoms with E-state index in [9.17, 15) is 4.79 Å². The molecule has 0 bridgehead atoms. The number of nitrogens with zero attached hydrogens (tertiary/aromatic N) is 2. The summed E-state index contributed by atoms with van der Waals surface area (Å²) in [7, 11) is 0. The first-order valence-corrected chi connectivity index (χ1v) is 9.95. The normalized spacial score (nSPS) is 19.2. The Balaban J connectivity index is 1.54. The molecule has 0 unspecified atom stereocenters. The van der Waals surface area contributed by atoms with E-state index in [4.69, 9.17) is 0 Å². The van der Waals surface area contributed by atoms with E-state index in [2.05, 4.69) is 34.1 Å². The Kier molecular flexibility index (Phi) is 5.35. The average molecular weight is 348 g/mol. The summed E-state index contributed by atoms with van der Waals surface area (Å²) in [5, 5.41) is 0. The van der Waals surface area contributed by atoms with Crippen molar-refractivity contribution >= 4 is 5.91 Å². The summed E-state index contributed by atoms with van der Waals surface area (Å²) in [5.74, 6) is 0.0468. The number of rotatable bonds is 4. The van der Waals surface area contributed by atoms with Crippen molar-refractivity contribution in [2.45, 2.75) is 37.6 Å². The second-order valence-corrected chi connectivity index (χ2v) is 7.55. The molecule has 2 aliphatic rings. The molecule has 1 amide bonds. The molecule has 1 saturated carbocycles. The number of hydrogen-bond donors (Lipinski definition) is 0. The number of carbonyl (C=O) groups excluding carboxylic acids is 1. The summed E-state index contributed by atoms with van der Waals surface area (Å²) in [6, 6.07) is 21.2. The minimum absolute atomic E-state index is 0.201. The predicted molar refractivity (Wildman–Crippen MR) is 105 cm³/mol. The van der Waals surface area contributed by atoms with Crippen LogP contribution in [0.5, 0.6) is 0 Å². The van der Waals surface area contributed by atoms with Gasteiger partial charge < -0.3 is 4.90 Å². The Morgan fingerprint density at radius 3 is 1.92 bits per heavy atom. The number of benzene rings is 2. The molecule has 2 aromatic carbocycles. The lowest BCUT2D eigenvalue weighted by molar-refractivity contribution is -0.131. The van der Waals surface area contributed by atoms with Gasteiger partial charge in [0.15, 0.2) is 0 Å². The molecule has 0 radical (unpaired) electrons. The van der Waals surface area contributed by atoms with Gasteiger partial charge in [-0.3, -0.25) is 9.69 Å². The Morgan fingerprint density at radius 2 is 1.38 bits per heavy atom. The second-order valence-electron chi connectivity index (χ2n) is 7.55. The molecule has 136 valence electrons. The van der Waals surface area contributed by atoms with Gasteiger partial charge in [-0.25, -0.2) is 0 Å². The molecule has 1 heterocycles. The quantitative estimate of drug-likeness (QED) is 0.836. The van der Waals surface area contributed by atoms with Gasteiger partial charge >= 0.3 is 0 Å². The molecule has 1 aliphatic heterocycles. The lowest BCUT2D eigenvalue weighted by Gasteiger charge is -2.36. The van der Waals surface area contributed by atoms with Crippen LogP contribution in [-0.4, -0.2) is 47.9 Å². The molecular weight excluding hydrogens is 320 g/mol. The molecule has 1 saturated heterocycles. The maximum Gasteiger partial charge on any atom is 0.234 e. The summed E-state index contributed by atoms with van der Waals surface area (Å²) in [4.78, 5) is 18.2. The van der Waals surface area contributed by atoms with Crippen molar-refractivity contribution in [2.75, 3.05) is 26.2 Å². The zero-order valence-corrected chi connectivity index (χ0v) is 15.4. The van der Waals surface area contributed by atoms with E-state index in [0.29, 0.717) is 0 Å². The van der Waals surface area contributed by atoms with Crippen molar-refractivity contribution in [1.29, 1.82) is 0 Å². The van der Waals surface area contributed by atoms with E-state index in [0.717, 1.165) is 49.8 Å². The molecule has 4 rings (SSSR count). The fourth-order valence-electron chi connectivity index (χ4n) is 4.23. The molecule has 0 spiro atoms. The Morgan fingerprint density at radius 1 is 0.769 bits per heavy atom. The largest absolute Gasteiger partial charge is 0.341 e. The predicted octanol–water partition coefficient (Wildman–Crippen LogP) is 3.91. The molecule has 2 fully saturated rings. The van der Waals surface area contributed by atoms with Crippen molar-refractivity contribution in [3.8, 4) is 0 Å². The van der Waals surface area contributed by atoms with Gasteiger partial charge in [-0.05, 0) is 30.4 Å². The van der Waals surface area contributed by atoms with Crippen LogP contribution in [0.3, 0.4) is 0 Å². The highest BCUT2D eigenvalue weighted by Crippen LogP contribution is 2.29. The van der Waals surface area contributed by atoms with Crippen LogP contribution < -0.4 is 0 Å². The fraction of sp³-hybridized carbons (Fsp3) is 0.435. The van der Waals surface area contributed by atoms with E-state index in [1.165, 1.54) is 19.3 Å². The number of hydrogen-bond acceptors (Lipinski definition) is 2. The van der Waals surface area contributed by atoms with Crippen LogP contribution >= 0.6 is 0 Å². The number of amides is 1. The average Bonchev–Trinajstić information content (AvgIpc) is 2.88. The van der Waals surface area contributed by atoms with Crippen molar-refractivity contribution in [3.05, 3.63) is 71.8 Å². The van der Waals surface area contributed by atoms with E-state index in [1.54, 1.807) is 0 Å². The van der Waals surface area contributed by atoms with Gasteiger partial charge in [0, 0.05) is 32.2 Å². The zero-order valence-electron chi connectivity index (χ0n) is 15.4. The molecule has 1 aliphatic carbocycles. The second kappa shape index (κ2) is 8.05. The first-order valence-electron chi connectivity index (χ1n) is 9.95. The van der Waals surface area contributed by atoms with Crippen molar-refractivity contribution in [3.63, 3.8) is 0 Å². The highest BCUT2D eigenvalue weighted by atomic mass is 16.2. The third-order valence-electron chi connectivity index (χ3n) is 5.95. The molecule has 0 N–H and O–H groups in total. The lowest BCUT2D eigenvalue weighted by atomic mass is 9.90. The monoisotopic (exact) mass is 348 g/mol. The van der Waals surface area contributed by atoms with Crippen LogP contribution in [-0.2, 0) is 4.79 Å². The van der Waals surface area contributed by atoms with Gasteiger partial charge in [0.25, 0.3) is 0 Å². The summed E-state index contributed by atoms with van der Waals surface area (Å²) in [5.41, 5.74) is 2.17. The first kappa shape index (κ1) is 17.3. The maximum atomic E-state index is 13.5.